The third kappa shape index (κ3) is 3.93. The summed E-state index contributed by atoms with van der Waals surface area (Å²) in [5.41, 5.74) is 0. The van der Waals surface area contributed by atoms with E-state index in [-0.39, 0.29) is 12.5 Å². The van der Waals surface area contributed by atoms with Gasteiger partial charge in [-0.05, 0) is 25.7 Å². The monoisotopic (exact) mass is 280 g/mol. The van der Waals surface area contributed by atoms with Crippen LogP contribution in [-0.2, 0) is 0 Å². The van der Waals surface area contributed by atoms with Gasteiger partial charge in [-0.25, -0.2) is 0 Å². The van der Waals surface area contributed by atoms with Gasteiger partial charge in [0, 0.05) is 32.8 Å². The predicted molar refractivity (Wildman–Crippen MR) is 80.2 cm³/mol. The van der Waals surface area contributed by atoms with Crippen LogP contribution in [0, 0.1) is 5.92 Å². The number of nitrogens with zero attached hydrogens (tertiary/aromatic N) is 4. The van der Waals surface area contributed by atoms with Crippen LogP contribution in [0.3, 0.4) is 0 Å². The van der Waals surface area contributed by atoms with Crippen LogP contribution in [0.15, 0.2) is 0 Å². The molecule has 7 nitrogen and oxygen atoms in total. The molecular weight excluding hydrogens is 256 g/mol. The van der Waals surface area contributed by atoms with Gasteiger partial charge in [0.2, 0.25) is 17.8 Å². The molecule has 1 unspecified atom stereocenters. The molecular formula is C13H24N6O. The maximum Gasteiger partial charge on any atom is 0.231 e. The van der Waals surface area contributed by atoms with Crippen molar-refractivity contribution in [2.24, 2.45) is 5.92 Å². The van der Waals surface area contributed by atoms with Crippen LogP contribution in [0.5, 0.6) is 0 Å². The molecule has 1 aromatic rings. The molecule has 0 aliphatic carbocycles. The molecule has 1 fully saturated rings. The Bertz CT molecular complexity index is 421. The summed E-state index contributed by atoms with van der Waals surface area (Å²) in [6.07, 6.45) is 2.37. The zero-order valence-electron chi connectivity index (χ0n) is 12.3. The number of aliphatic hydroxyl groups excluding tert-OH is 1. The first kappa shape index (κ1) is 14.8. The number of hydrogen-bond acceptors (Lipinski definition) is 7. The van der Waals surface area contributed by atoms with Gasteiger partial charge in [0.1, 0.15) is 0 Å². The van der Waals surface area contributed by atoms with E-state index in [0.717, 1.165) is 25.6 Å². The summed E-state index contributed by atoms with van der Waals surface area (Å²) in [4.78, 5) is 15.5. The Balaban J connectivity index is 2.12. The standard InChI is InChI=1S/C13H24N6O/c1-3-14-11-16-12(15-8-10(2)9-20)18-13(17-11)19-6-4-5-7-19/h10,20H,3-9H2,1-2H3,(H2,14,15,16,17,18). The molecule has 1 saturated heterocycles. The summed E-state index contributed by atoms with van der Waals surface area (Å²) in [5.74, 6) is 2.07. The lowest BCUT2D eigenvalue weighted by Gasteiger charge is -2.17. The highest BCUT2D eigenvalue weighted by atomic mass is 16.3. The third-order valence-corrected chi connectivity index (χ3v) is 3.27. The molecule has 0 saturated carbocycles. The average Bonchev–Trinajstić information content (AvgIpc) is 2.99. The normalized spacial score (nSPS) is 16.2. The van der Waals surface area contributed by atoms with Gasteiger partial charge in [0.05, 0.1) is 0 Å². The van der Waals surface area contributed by atoms with Gasteiger partial charge < -0.3 is 20.6 Å². The van der Waals surface area contributed by atoms with Gasteiger partial charge in [-0.15, -0.1) is 0 Å². The van der Waals surface area contributed by atoms with Crippen LogP contribution in [0.4, 0.5) is 17.8 Å². The smallest absolute Gasteiger partial charge is 0.231 e. The van der Waals surface area contributed by atoms with Gasteiger partial charge in [-0.1, -0.05) is 6.92 Å². The Labute approximate surface area is 119 Å². The lowest BCUT2D eigenvalue weighted by molar-refractivity contribution is 0.244. The minimum absolute atomic E-state index is 0.150. The average molecular weight is 280 g/mol. The fourth-order valence-electron chi connectivity index (χ4n) is 2.07. The van der Waals surface area contributed by atoms with E-state index in [4.69, 9.17) is 5.11 Å². The molecule has 0 amide bonds. The fraction of sp³-hybridized carbons (Fsp3) is 0.769. The van der Waals surface area contributed by atoms with Crippen molar-refractivity contribution in [3.63, 3.8) is 0 Å². The van der Waals surface area contributed by atoms with Crippen LogP contribution in [0.2, 0.25) is 0 Å². The molecule has 0 aromatic carbocycles. The summed E-state index contributed by atoms with van der Waals surface area (Å²) in [7, 11) is 0. The van der Waals surface area contributed by atoms with Gasteiger partial charge >= 0.3 is 0 Å². The van der Waals surface area contributed by atoms with Gasteiger partial charge in [-0.3, -0.25) is 0 Å². The number of anilines is 3. The van der Waals surface area contributed by atoms with Crippen LogP contribution in [0.25, 0.3) is 0 Å². The Morgan fingerprint density at radius 1 is 1.15 bits per heavy atom. The van der Waals surface area contributed by atoms with Gasteiger partial charge in [0.25, 0.3) is 0 Å². The first-order valence-electron chi connectivity index (χ1n) is 7.32. The molecule has 1 aliphatic rings. The molecule has 0 radical (unpaired) electrons. The Morgan fingerprint density at radius 3 is 2.40 bits per heavy atom. The third-order valence-electron chi connectivity index (χ3n) is 3.27. The Morgan fingerprint density at radius 2 is 1.80 bits per heavy atom. The van der Waals surface area contributed by atoms with E-state index in [1.807, 2.05) is 13.8 Å². The van der Waals surface area contributed by atoms with Crippen molar-refractivity contribution in [1.82, 2.24) is 15.0 Å². The summed E-state index contributed by atoms with van der Waals surface area (Å²) in [6, 6.07) is 0. The van der Waals surface area contributed by atoms with Crippen LogP contribution in [-0.4, -0.2) is 52.8 Å². The summed E-state index contributed by atoms with van der Waals surface area (Å²) in [6.45, 7) is 7.56. The molecule has 0 spiro atoms. The highest BCUT2D eigenvalue weighted by Crippen LogP contribution is 2.18. The second kappa shape index (κ2) is 7.23. The van der Waals surface area contributed by atoms with Crippen LogP contribution in [0.1, 0.15) is 26.7 Å². The predicted octanol–water partition coefficient (Wildman–Crippen LogP) is 0.944. The van der Waals surface area contributed by atoms with Crippen molar-refractivity contribution in [2.45, 2.75) is 26.7 Å². The van der Waals surface area contributed by atoms with Crippen LogP contribution < -0.4 is 15.5 Å². The maximum atomic E-state index is 9.07. The van der Waals surface area contributed by atoms with Crippen LogP contribution >= 0.6 is 0 Å². The van der Waals surface area contributed by atoms with E-state index < -0.39 is 0 Å². The van der Waals surface area contributed by atoms with Crippen molar-refractivity contribution >= 4 is 17.8 Å². The number of aromatic nitrogens is 3. The second-order valence-electron chi connectivity index (χ2n) is 5.18. The van der Waals surface area contributed by atoms with Gasteiger partial charge in [-0.2, -0.15) is 15.0 Å². The topological polar surface area (TPSA) is 86.2 Å². The van der Waals surface area contributed by atoms with E-state index in [9.17, 15) is 0 Å². The minimum Gasteiger partial charge on any atom is -0.396 e. The molecule has 1 atom stereocenters. The molecule has 2 heterocycles. The van der Waals surface area contributed by atoms with Crippen molar-refractivity contribution < 1.29 is 5.11 Å². The van der Waals surface area contributed by atoms with Gasteiger partial charge in [0.15, 0.2) is 0 Å². The second-order valence-corrected chi connectivity index (χ2v) is 5.18. The molecule has 1 aliphatic heterocycles. The summed E-state index contributed by atoms with van der Waals surface area (Å²) >= 11 is 0. The zero-order chi connectivity index (χ0) is 14.4. The molecule has 3 N–H and O–H groups in total. The van der Waals surface area contributed by atoms with E-state index >= 15 is 0 Å². The lowest BCUT2D eigenvalue weighted by Crippen LogP contribution is -2.23. The molecule has 1 aromatic heterocycles. The highest BCUT2D eigenvalue weighted by Gasteiger charge is 2.17. The molecule has 20 heavy (non-hydrogen) atoms. The molecule has 112 valence electrons. The van der Waals surface area contributed by atoms with Crippen molar-refractivity contribution in [3.05, 3.63) is 0 Å². The zero-order valence-corrected chi connectivity index (χ0v) is 12.3. The largest absolute Gasteiger partial charge is 0.396 e. The summed E-state index contributed by atoms with van der Waals surface area (Å²) in [5, 5.41) is 15.4. The molecule has 0 bridgehead atoms. The van der Waals surface area contributed by atoms with E-state index in [1.54, 1.807) is 0 Å². The first-order valence-corrected chi connectivity index (χ1v) is 7.32. The van der Waals surface area contributed by atoms with E-state index in [1.165, 1.54) is 12.8 Å². The number of nitrogens with one attached hydrogen (secondary N) is 2. The Hall–Kier alpha value is -1.63. The summed E-state index contributed by atoms with van der Waals surface area (Å²) < 4.78 is 0. The van der Waals surface area contributed by atoms with Crippen molar-refractivity contribution in [3.8, 4) is 0 Å². The van der Waals surface area contributed by atoms with Crippen molar-refractivity contribution in [1.29, 1.82) is 0 Å². The fourth-order valence-corrected chi connectivity index (χ4v) is 2.07. The number of aliphatic hydroxyl groups is 1. The molecule has 2 rings (SSSR count). The molecule has 7 heteroatoms. The van der Waals surface area contributed by atoms with Crippen molar-refractivity contribution in [2.75, 3.05) is 48.3 Å². The maximum absolute atomic E-state index is 9.07. The quantitative estimate of drug-likeness (QED) is 0.685. The minimum atomic E-state index is 0.150. The highest BCUT2D eigenvalue weighted by molar-refractivity contribution is 5.44. The van der Waals surface area contributed by atoms with E-state index in [0.29, 0.717) is 18.4 Å². The first-order chi connectivity index (χ1) is 9.72. The Kier molecular flexibility index (Phi) is 5.34. The number of rotatable bonds is 7. The SMILES string of the molecule is CCNc1nc(NCC(C)CO)nc(N2CCCC2)n1. The lowest BCUT2D eigenvalue weighted by atomic mass is 10.2. The number of hydrogen-bond donors (Lipinski definition) is 3. The van der Waals surface area contributed by atoms with E-state index in [2.05, 4.69) is 30.5 Å².